The first-order chi connectivity index (χ1) is 14.9. The first-order valence-corrected chi connectivity index (χ1v) is 9.92. The molecule has 31 heavy (non-hydrogen) atoms. The molecule has 1 aromatic heterocycles. The van der Waals surface area contributed by atoms with Crippen molar-refractivity contribution in [1.29, 1.82) is 0 Å². The second kappa shape index (κ2) is 8.53. The van der Waals surface area contributed by atoms with E-state index < -0.39 is 41.1 Å². The fourth-order valence-electron chi connectivity index (χ4n) is 4.04. The van der Waals surface area contributed by atoms with Gasteiger partial charge in [-0.2, -0.15) is 0 Å². The van der Waals surface area contributed by atoms with Crippen molar-refractivity contribution in [3.05, 3.63) is 48.6 Å². The molecule has 2 aliphatic rings. The summed E-state index contributed by atoms with van der Waals surface area (Å²) in [5, 5.41) is 26.7. The summed E-state index contributed by atoms with van der Waals surface area (Å²) < 4.78 is 21.7. The molecular formula is C20H23FN5O5+. The molecule has 3 heterocycles. The third kappa shape index (κ3) is 3.94. The molecule has 4 rings (SSSR count). The zero-order valence-corrected chi connectivity index (χ0v) is 16.7. The minimum Gasteiger partial charge on any atom is -0.442 e. The second-order valence-corrected chi connectivity index (χ2v) is 7.55. The van der Waals surface area contributed by atoms with Crippen molar-refractivity contribution in [3.63, 3.8) is 0 Å². The molecule has 0 spiro atoms. The summed E-state index contributed by atoms with van der Waals surface area (Å²) in [6.07, 6.45) is 4.65. The molecule has 10 nitrogen and oxygen atoms in total. The van der Waals surface area contributed by atoms with E-state index in [0.29, 0.717) is 18.7 Å². The number of hydrogen-bond donors (Lipinski definition) is 2. The summed E-state index contributed by atoms with van der Waals surface area (Å²) in [5.41, 5.74) is 0.380. The Balaban J connectivity index is 1.59. The number of benzene rings is 1. The van der Waals surface area contributed by atoms with E-state index in [4.69, 9.17) is 4.74 Å². The highest BCUT2D eigenvalue weighted by Gasteiger charge is 2.45. The number of halogens is 1. The number of ether oxygens (including phenoxy) is 1. The van der Waals surface area contributed by atoms with Gasteiger partial charge in [0, 0.05) is 24.8 Å². The molecule has 0 saturated carbocycles. The number of quaternary nitrogens is 1. The normalized spacial score (nSPS) is 24.3. The molecule has 0 bridgehead atoms. The molecule has 1 aromatic carbocycles. The number of anilines is 1. The highest BCUT2D eigenvalue weighted by atomic mass is 19.1. The van der Waals surface area contributed by atoms with E-state index in [-0.39, 0.29) is 25.3 Å². The third-order valence-corrected chi connectivity index (χ3v) is 5.58. The molecule has 0 radical (unpaired) electrons. The summed E-state index contributed by atoms with van der Waals surface area (Å²) in [4.78, 5) is 26.5. The van der Waals surface area contributed by atoms with Gasteiger partial charge in [-0.05, 0) is 12.1 Å². The number of cyclic esters (lactones) is 1. The number of aliphatic hydroxyl groups is 2. The van der Waals surface area contributed by atoms with E-state index in [1.54, 1.807) is 23.0 Å². The van der Waals surface area contributed by atoms with E-state index >= 15 is 4.39 Å². The highest BCUT2D eigenvalue weighted by Crippen LogP contribution is 2.34. The van der Waals surface area contributed by atoms with Crippen LogP contribution in [0.5, 0.6) is 0 Å². The predicted molar refractivity (Wildman–Crippen MR) is 107 cm³/mol. The van der Waals surface area contributed by atoms with Gasteiger partial charge in [0.15, 0.2) is 17.6 Å². The van der Waals surface area contributed by atoms with Crippen molar-refractivity contribution in [2.45, 2.75) is 25.2 Å². The van der Waals surface area contributed by atoms with E-state index in [9.17, 15) is 19.8 Å². The average molecular weight is 432 g/mol. The minimum absolute atomic E-state index is 0.0809. The maximum atomic E-state index is 15.3. The maximum absolute atomic E-state index is 15.3. The molecule has 164 valence electrons. The van der Waals surface area contributed by atoms with Gasteiger partial charge >= 0.3 is 12.0 Å². The van der Waals surface area contributed by atoms with E-state index in [2.05, 4.69) is 10.3 Å². The van der Waals surface area contributed by atoms with Crippen LogP contribution in [0.4, 0.5) is 20.6 Å². The Bertz CT molecular complexity index is 998. The number of carbonyl (C=O) groups is 2. The average Bonchev–Trinajstić information content (AvgIpc) is 3.42. The molecule has 3 unspecified atom stereocenters. The number of aromatic nitrogens is 3. The molecular weight excluding hydrogens is 409 g/mol. The van der Waals surface area contributed by atoms with Crippen molar-refractivity contribution in [2.75, 3.05) is 31.1 Å². The molecule has 1 saturated heterocycles. The van der Waals surface area contributed by atoms with Gasteiger partial charge in [-0.15, -0.1) is 5.10 Å². The SMILES string of the molecule is O=C1OC(Cn2ccnn2)CN1c1ccc([N+]2(C(=O)C(O)CO)CC=CCC2)c(F)c1. The van der Waals surface area contributed by atoms with Gasteiger partial charge in [0.1, 0.15) is 12.6 Å². The fraction of sp³-hybridized carbons (Fsp3) is 0.400. The Kier molecular flexibility index (Phi) is 5.81. The minimum atomic E-state index is -1.61. The van der Waals surface area contributed by atoms with Gasteiger partial charge < -0.3 is 14.9 Å². The maximum Gasteiger partial charge on any atom is 0.414 e. The molecule has 11 heteroatoms. The number of carbonyl (C=O) groups excluding carboxylic acids is 2. The van der Waals surface area contributed by atoms with Crippen LogP contribution in [0.2, 0.25) is 0 Å². The number of amides is 2. The lowest BCUT2D eigenvalue weighted by Crippen LogP contribution is -2.60. The first-order valence-electron chi connectivity index (χ1n) is 9.92. The fourth-order valence-corrected chi connectivity index (χ4v) is 4.04. The van der Waals surface area contributed by atoms with Gasteiger partial charge in [-0.3, -0.25) is 4.90 Å². The van der Waals surface area contributed by atoms with Crippen LogP contribution < -0.4 is 9.38 Å². The summed E-state index contributed by atoms with van der Waals surface area (Å²) in [6, 6.07) is 4.18. The first kappa shape index (κ1) is 21.1. The van der Waals surface area contributed by atoms with E-state index in [1.807, 2.05) is 6.08 Å². The molecule has 0 aliphatic carbocycles. The number of hydrogen-bond acceptors (Lipinski definition) is 7. The second-order valence-electron chi connectivity index (χ2n) is 7.55. The van der Waals surface area contributed by atoms with E-state index in [1.165, 1.54) is 23.2 Å². The Morgan fingerprint density at radius 1 is 1.39 bits per heavy atom. The summed E-state index contributed by atoms with van der Waals surface area (Å²) in [6.45, 7) is 0.215. The summed E-state index contributed by atoms with van der Waals surface area (Å²) >= 11 is 0. The monoisotopic (exact) mass is 432 g/mol. The van der Waals surface area contributed by atoms with Crippen molar-refractivity contribution in [1.82, 2.24) is 19.5 Å². The standard InChI is InChI=1S/C20H23FN5O5/c21-16-10-14(25-12-15(31-20(25)30)11-24-7-6-22-23-24)4-5-17(16)26(8-2-1-3-9-26)19(29)18(28)13-27/h1-2,4-7,10,15,18,27-28H,3,8-9,11-13H2/q+1. The topological polar surface area (TPSA) is 118 Å². The van der Waals surface area contributed by atoms with Crippen molar-refractivity contribution >= 4 is 23.4 Å². The Morgan fingerprint density at radius 2 is 2.23 bits per heavy atom. The van der Waals surface area contributed by atoms with Crippen LogP contribution in [0.15, 0.2) is 42.7 Å². The lowest BCUT2D eigenvalue weighted by Gasteiger charge is -2.37. The van der Waals surface area contributed by atoms with Crippen LogP contribution >= 0.6 is 0 Å². The van der Waals surface area contributed by atoms with Gasteiger partial charge in [0.25, 0.3) is 0 Å². The van der Waals surface area contributed by atoms with Crippen LogP contribution in [0.1, 0.15) is 6.42 Å². The molecule has 2 N–H and O–H groups in total. The van der Waals surface area contributed by atoms with Crippen molar-refractivity contribution in [3.8, 4) is 0 Å². The summed E-state index contributed by atoms with van der Waals surface area (Å²) in [7, 11) is 0. The number of aliphatic hydroxyl groups excluding tert-OH is 2. The smallest absolute Gasteiger partial charge is 0.414 e. The Labute approximate surface area is 177 Å². The van der Waals surface area contributed by atoms with Gasteiger partial charge in [0.2, 0.25) is 0 Å². The summed E-state index contributed by atoms with van der Waals surface area (Å²) in [5.74, 6) is -1.36. The van der Waals surface area contributed by atoms with Gasteiger partial charge in [-0.25, -0.2) is 23.1 Å². The van der Waals surface area contributed by atoms with Crippen molar-refractivity contribution < 1.29 is 28.9 Å². The third-order valence-electron chi connectivity index (χ3n) is 5.58. The highest BCUT2D eigenvalue weighted by molar-refractivity contribution is 5.94. The predicted octanol–water partition coefficient (Wildman–Crippen LogP) is 0.590. The Hall–Kier alpha value is -3.15. The van der Waals surface area contributed by atoms with Crippen molar-refractivity contribution in [2.24, 2.45) is 0 Å². The van der Waals surface area contributed by atoms with Crippen LogP contribution in [0, 0.1) is 5.82 Å². The lowest BCUT2D eigenvalue weighted by atomic mass is 10.1. The number of rotatable bonds is 6. The van der Waals surface area contributed by atoms with Crippen LogP contribution in [-0.2, 0) is 16.1 Å². The van der Waals surface area contributed by atoms with Crippen LogP contribution in [-0.4, -0.2) is 75.7 Å². The van der Waals surface area contributed by atoms with E-state index in [0.717, 1.165) is 0 Å². The quantitative estimate of drug-likeness (QED) is 0.507. The van der Waals surface area contributed by atoms with Gasteiger partial charge in [-0.1, -0.05) is 11.3 Å². The molecule has 2 aromatic rings. The van der Waals surface area contributed by atoms with Gasteiger partial charge in [0.05, 0.1) is 38.1 Å². The zero-order chi connectivity index (χ0) is 22.0. The largest absolute Gasteiger partial charge is 0.442 e. The zero-order valence-electron chi connectivity index (χ0n) is 16.7. The molecule has 2 aliphatic heterocycles. The number of nitrogens with zero attached hydrogens (tertiary/aromatic N) is 5. The molecule has 2 amide bonds. The molecule has 1 fully saturated rings. The Morgan fingerprint density at radius 3 is 2.87 bits per heavy atom. The lowest BCUT2D eigenvalue weighted by molar-refractivity contribution is -0.141. The molecule has 3 atom stereocenters. The van der Waals surface area contributed by atoms with Crippen LogP contribution in [0.3, 0.4) is 0 Å². The van der Waals surface area contributed by atoms with Crippen LogP contribution in [0.25, 0.3) is 0 Å².